The van der Waals surface area contributed by atoms with Crippen molar-refractivity contribution in [3.8, 4) is 0 Å². The number of nitrogens with two attached hydrogens (primary N) is 1. The molecule has 0 rings (SSSR count). The number of carbonyl (C=O) groups is 2. The molecule has 0 amide bonds. The van der Waals surface area contributed by atoms with Crippen LogP contribution in [0, 0.1) is 0 Å². The first-order chi connectivity index (χ1) is 48.3. The van der Waals surface area contributed by atoms with Gasteiger partial charge in [0.05, 0.1) is 13.2 Å². The van der Waals surface area contributed by atoms with E-state index in [1.807, 2.05) is 0 Å². The monoisotopic (exact) mass is 1390 g/mol. The largest absolute Gasteiger partial charge is 0.472 e. The van der Waals surface area contributed by atoms with E-state index in [0.29, 0.717) is 6.42 Å². The molecule has 2 atom stereocenters. The number of esters is 2. The SMILES string of the molecule is CC/C=C\C/C=C\C/C=C\C/C=C\C/C=C\C/C=C\C/C=C\CCCCCCCCCCCCCCCCCCCCCC(=O)OC(COC(=O)CCCCCCCCCCCCCCCCCCCCCCCCCCCCCCCCCCCCCC)COP(=O)(O)OCCN. The van der Waals surface area contributed by atoms with Crippen molar-refractivity contribution in [2.75, 3.05) is 26.4 Å². The minimum absolute atomic E-state index is 0.0545. The smallest absolute Gasteiger partial charge is 0.462 e. The fraction of sp³-hybridized carbons (Fsp3) is 0.818. The van der Waals surface area contributed by atoms with Gasteiger partial charge in [0.1, 0.15) is 6.61 Å². The normalized spacial score (nSPS) is 13.2. The third-order valence-electron chi connectivity index (χ3n) is 19.0. The molecule has 0 fully saturated rings. The Morgan fingerprint density at radius 1 is 0.316 bits per heavy atom. The van der Waals surface area contributed by atoms with Gasteiger partial charge in [0, 0.05) is 19.4 Å². The maximum atomic E-state index is 12.8. The van der Waals surface area contributed by atoms with Gasteiger partial charge in [-0.05, 0) is 70.6 Å². The number of rotatable bonds is 81. The number of phosphoric ester groups is 1. The molecule has 0 radical (unpaired) electrons. The van der Waals surface area contributed by atoms with Crippen molar-refractivity contribution in [2.24, 2.45) is 5.73 Å². The molecular weight excluding hydrogens is 1230 g/mol. The van der Waals surface area contributed by atoms with E-state index in [-0.39, 0.29) is 38.6 Å². The van der Waals surface area contributed by atoms with Crippen LogP contribution in [-0.2, 0) is 32.7 Å². The van der Waals surface area contributed by atoms with Gasteiger partial charge in [-0.2, -0.15) is 0 Å². The molecule has 0 saturated heterocycles. The molecule has 3 N–H and O–H groups in total. The first kappa shape index (κ1) is 95.2. The lowest BCUT2D eigenvalue weighted by atomic mass is 10.0. The zero-order chi connectivity index (χ0) is 70.8. The van der Waals surface area contributed by atoms with E-state index in [1.54, 1.807) is 0 Å². The van der Waals surface area contributed by atoms with Crippen LogP contribution >= 0.6 is 7.82 Å². The highest BCUT2D eigenvalue weighted by atomic mass is 31.2. The van der Waals surface area contributed by atoms with Crippen LogP contribution in [0.15, 0.2) is 85.1 Å². The lowest BCUT2D eigenvalue weighted by molar-refractivity contribution is -0.161. The third-order valence-corrected chi connectivity index (χ3v) is 20.0. The summed E-state index contributed by atoms with van der Waals surface area (Å²) in [4.78, 5) is 35.5. The molecule has 0 aromatic heterocycles. The number of ether oxygens (including phenoxy) is 2. The van der Waals surface area contributed by atoms with Gasteiger partial charge in [0.25, 0.3) is 0 Å². The highest BCUT2D eigenvalue weighted by Crippen LogP contribution is 2.43. The molecule has 0 aliphatic carbocycles. The second-order valence-electron chi connectivity index (χ2n) is 28.7. The fourth-order valence-electron chi connectivity index (χ4n) is 12.8. The average Bonchev–Trinajstić information content (AvgIpc) is 1.36. The summed E-state index contributed by atoms with van der Waals surface area (Å²) in [6.45, 7) is 3.71. The zero-order valence-electron chi connectivity index (χ0n) is 64.8. The minimum Gasteiger partial charge on any atom is -0.462 e. The molecule has 0 bridgehead atoms. The topological polar surface area (TPSA) is 134 Å². The van der Waals surface area contributed by atoms with E-state index in [9.17, 15) is 19.0 Å². The lowest BCUT2D eigenvalue weighted by Crippen LogP contribution is -2.29. The van der Waals surface area contributed by atoms with Crippen LogP contribution < -0.4 is 5.73 Å². The fourth-order valence-corrected chi connectivity index (χ4v) is 13.6. The van der Waals surface area contributed by atoms with Crippen molar-refractivity contribution < 1.29 is 37.6 Å². The quantitative estimate of drug-likeness (QED) is 0.0264. The summed E-state index contributed by atoms with van der Waals surface area (Å²) in [6, 6.07) is 0. The van der Waals surface area contributed by atoms with Crippen molar-refractivity contribution in [1.29, 1.82) is 0 Å². The van der Waals surface area contributed by atoms with Crippen molar-refractivity contribution in [1.82, 2.24) is 0 Å². The number of allylic oxidation sites excluding steroid dienone is 14. The van der Waals surface area contributed by atoms with Crippen molar-refractivity contribution in [2.45, 2.75) is 437 Å². The first-order valence-electron chi connectivity index (χ1n) is 42.6. The van der Waals surface area contributed by atoms with Gasteiger partial charge in [0.2, 0.25) is 0 Å². The molecule has 0 aliphatic rings. The lowest BCUT2D eigenvalue weighted by Gasteiger charge is -2.19. The first-order valence-corrected chi connectivity index (χ1v) is 44.1. The van der Waals surface area contributed by atoms with Crippen LogP contribution in [0.3, 0.4) is 0 Å². The molecule has 9 nitrogen and oxygen atoms in total. The Labute approximate surface area is 608 Å². The predicted molar refractivity (Wildman–Crippen MR) is 427 cm³/mol. The van der Waals surface area contributed by atoms with E-state index in [4.69, 9.17) is 24.3 Å². The summed E-state index contributed by atoms with van der Waals surface area (Å²) in [5, 5.41) is 0. The minimum atomic E-state index is -4.40. The summed E-state index contributed by atoms with van der Waals surface area (Å²) in [5.41, 5.74) is 5.42. The molecule has 0 aromatic carbocycles. The second kappa shape index (κ2) is 83.1. The Morgan fingerprint density at radius 2 is 0.561 bits per heavy atom. The molecule has 572 valence electrons. The second-order valence-corrected chi connectivity index (χ2v) is 30.1. The van der Waals surface area contributed by atoms with Crippen LogP contribution in [0.4, 0.5) is 0 Å². The summed E-state index contributed by atoms with van der Waals surface area (Å²) in [5.74, 6) is -0.805. The molecule has 2 unspecified atom stereocenters. The van der Waals surface area contributed by atoms with Crippen LogP contribution in [-0.4, -0.2) is 49.3 Å². The Hall–Kier alpha value is -2.81. The van der Waals surface area contributed by atoms with E-state index < -0.39 is 26.5 Å². The molecule has 0 aliphatic heterocycles. The van der Waals surface area contributed by atoms with Gasteiger partial charge >= 0.3 is 19.8 Å². The van der Waals surface area contributed by atoms with E-state index >= 15 is 0 Å². The van der Waals surface area contributed by atoms with E-state index in [1.165, 1.54) is 321 Å². The van der Waals surface area contributed by atoms with E-state index in [2.05, 4.69) is 98.9 Å². The molecule has 0 aromatic rings. The highest BCUT2D eigenvalue weighted by molar-refractivity contribution is 7.47. The summed E-state index contributed by atoms with van der Waals surface area (Å²) >= 11 is 0. The molecule has 98 heavy (non-hydrogen) atoms. The van der Waals surface area contributed by atoms with Crippen LogP contribution in [0.1, 0.15) is 431 Å². The van der Waals surface area contributed by atoms with Gasteiger partial charge in [-0.25, -0.2) is 4.57 Å². The van der Waals surface area contributed by atoms with Crippen molar-refractivity contribution >= 4 is 19.8 Å². The number of unbranched alkanes of at least 4 members (excludes halogenated alkanes) is 54. The number of hydrogen-bond acceptors (Lipinski definition) is 8. The maximum absolute atomic E-state index is 12.8. The van der Waals surface area contributed by atoms with Crippen molar-refractivity contribution in [3.05, 3.63) is 85.1 Å². The number of hydrogen-bond donors (Lipinski definition) is 2. The van der Waals surface area contributed by atoms with Gasteiger partial charge in [-0.3, -0.25) is 18.6 Å². The molecule has 0 saturated carbocycles. The van der Waals surface area contributed by atoms with Gasteiger partial charge in [-0.15, -0.1) is 0 Å². The number of carbonyl (C=O) groups excluding carboxylic acids is 2. The molecular formula is C88H162NO8P. The van der Waals surface area contributed by atoms with Gasteiger partial charge < -0.3 is 20.1 Å². The highest BCUT2D eigenvalue weighted by Gasteiger charge is 2.26. The third kappa shape index (κ3) is 82.1. The van der Waals surface area contributed by atoms with Gasteiger partial charge in [-0.1, -0.05) is 433 Å². The Morgan fingerprint density at radius 3 is 0.837 bits per heavy atom. The number of phosphoric acid groups is 1. The Balaban J connectivity index is 3.75. The maximum Gasteiger partial charge on any atom is 0.472 e. The average molecular weight is 1390 g/mol. The summed E-state index contributed by atoms with van der Waals surface area (Å²) in [6.07, 6.45) is 113. The summed E-state index contributed by atoms with van der Waals surface area (Å²) in [7, 11) is -4.40. The van der Waals surface area contributed by atoms with Crippen LogP contribution in [0.25, 0.3) is 0 Å². The van der Waals surface area contributed by atoms with Crippen molar-refractivity contribution in [3.63, 3.8) is 0 Å². The predicted octanol–water partition coefficient (Wildman–Crippen LogP) is 28.8. The Bertz CT molecular complexity index is 1890. The van der Waals surface area contributed by atoms with Crippen LogP contribution in [0.2, 0.25) is 0 Å². The van der Waals surface area contributed by atoms with E-state index in [0.717, 1.165) is 77.0 Å². The standard InChI is InChI=1S/C88H162NO8P/c1-3-5-7-9-11-13-15-17-19-21-23-25-27-29-31-33-35-37-39-41-42-43-44-45-47-49-51-53-55-57-59-61-63-65-67-69-71-73-75-77-79-81-88(91)97-86(85-96-98(92,93)95-83-82-89)84-94-87(90)80-78-76-74-72-70-68-66-64-62-60-58-56-54-52-50-48-46-40-38-36-34-32-30-28-26-24-22-20-18-16-14-12-10-8-6-4-2/h5,7,11,13,17,19,23,25,29,31,35,37,41-42,86H,3-4,6,8-10,12,14-16,18,20-22,24,26-28,30,32-34,36,38-40,43-85,89H2,1-2H3,(H,92,93)/b7-5-,13-11-,19-17-,25-23-,31-29-,37-35-,42-41-. The summed E-state index contributed by atoms with van der Waals surface area (Å²) < 4.78 is 33.3. The Kier molecular flexibility index (Phi) is 80.8. The molecule has 0 spiro atoms. The molecule has 0 heterocycles. The zero-order valence-corrected chi connectivity index (χ0v) is 65.7. The van der Waals surface area contributed by atoms with Gasteiger partial charge in [0.15, 0.2) is 6.10 Å². The molecule has 10 heteroatoms. The van der Waals surface area contributed by atoms with Crippen LogP contribution in [0.5, 0.6) is 0 Å².